The van der Waals surface area contributed by atoms with E-state index >= 15 is 0 Å². The molecule has 5 N–H and O–H groups in total. The molecular formula is C21H21N6+. The molecule has 0 bridgehead atoms. The monoisotopic (exact) mass is 357 g/mol. The summed E-state index contributed by atoms with van der Waals surface area (Å²) >= 11 is 0. The number of fused-ring (bicyclic) bond motifs is 1. The smallest absolute Gasteiger partial charge is 0.171 e. The average molecular weight is 357 g/mol. The van der Waals surface area contributed by atoms with Crippen LogP contribution in [0.1, 0.15) is 17.0 Å². The summed E-state index contributed by atoms with van der Waals surface area (Å²) in [6.45, 7) is 2.57. The molecule has 134 valence electrons. The molecule has 0 aliphatic carbocycles. The number of aromatic nitrogens is 3. The van der Waals surface area contributed by atoms with Crippen LogP contribution in [0.5, 0.6) is 0 Å². The van der Waals surface area contributed by atoms with Gasteiger partial charge in [-0.15, -0.1) is 0 Å². The van der Waals surface area contributed by atoms with Crippen molar-refractivity contribution in [3.63, 3.8) is 0 Å². The molecule has 2 heterocycles. The highest BCUT2D eigenvalue weighted by Gasteiger charge is 2.12. The topological polar surface area (TPSA) is 96.2 Å². The molecule has 27 heavy (non-hydrogen) atoms. The first kappa shape index (κ1) is 16.8. The number of nitrogen functional groups attached to an aromatic ring is 2. The Hall–Kier alpha value is -3.67. The van der Waals surface area contributed by atoms with Gasteiger partial charge in [-0.3, -0.25) is 0 Å². The van der Waals surface area contributed by atoms with Gasteiger partial charge in [0.25, 0.3) is 0 Å². The van der Waals surface area contributed by atoms with Crippen molar-refractivity contribution in [1.29, 1.82) is 0 Å². The molecule has 0 saturated carbocycles. The minimum Gasteiger partial charge on any atom is -0.398 e. The third-order valence-corrected chi connectivity index (χ3v) is 4.45. The first-order chi connectivity index (χ1) is 13.1. The van der Waals surface area contributed by atoms with Crippen molar-refractivity contribution in [1.82, 2.24) is 14.6 Å². The van der Waals surface area contributed by atoms with E-state index in [0.717, 1.165) is 28.8 Å². The molecule has 6 heteroatoms. The van der Waals surface area contributed by atoms with Crippen LogP contribution in [0.2, 0.25) is 0 Å². The van der Waals surface area contributed by atoms with Crippen molar-refractivity contribution >= 4 is 23.2 Å². The highest BCUT2D eigenvalue weighted by molar-refractivity contribution is 5.91. The molecule has 0 amide bonds. The predicted octanol–water partition coefficient (Wildman–Crippen LogP) is 1.57. The van der Waals surface area contributed by atoms with Gasteiger partial charge < -0.3 is 11.5 Å². The maximum atomic E-state index is 6.27. The van der Waals surface area contributed by atoms with Crippen LogP contribution in [0.15, 0.2) is 60.8 Å². The molecule has 0 aliphatic rings. The fourth-order valence-corrected chi connectivity index (χ4v) is 3.15. The highest BCUT2D eigenvalue weighted by Crippen LogP contribution is 2.30. The second-order valence-corrected chi connectivity index (χ2v) is 6.42. The van der Waals surface area contributed by atoms with Crippen molar-refractivity contribution in [3.05, 3.63) is 77.7 Å². The quantitative estimate of drug-likeness (QED) is 0.381. The van der Waals surface area contributed by atoms with Crippen LogP contribution in [-0.2, 0) is 6.54 Å². The van der Waals surface area contributed by atoms with Gasteiger partial charge in [-0.05, 0) is 30.7 Å². The largest absolute Gasteiger partial charge is 0.398 e. The van der Waals surface area contributed by atoms with Crippen molar-refractivity contribution in [2.24, 2.45) is 0 Å². The highest BCUT2D eigenvalue weighted by atomic mass is 15.3. The molecule has 2 aromatic heterocycles. The lowest BCUT2D eigenvalue weighted by Gasteiger charge is -2.06. The Labute approximate surface area is 157 Å². The first-order valence-corrected chi connectivity index (χ1v) is 8.74. The number of aryl methyl sites for hydroxylation is 1. The van der Waals surface area contributed by atoms with E-state index in [9.17, 15) is 0 Å². The summed E-state index contributed by atoms with van der Waals surface area (Å²) in [5.74, 6) is 1.09. The van der Waals surface area contributed by atoms with Crippen LogP contribution >= 0.6 is 0 Å². The van der Waals surface area contributed by atoms with Gasteiger partial charge in [0.1, 0.15) is 11.3 Å². The normalized spacial score (nSPS) is 11.4. The van der Waals surface area contributed by atoms with Crippen LogP contribution in [0, 0.1) is 6.92 Å². The van der Waals surface area contributed by atoms with Crippen LogP contribution in [0.4, 0.5) is 11.5 Å². The molecule has 0 aliphatic heterocycles. The van der Waals surface area contributed by atoms with Crippen LogP contribution in [0.25, 0.3) is 16.6 Å². The maximum Gasteiger partial charge on any atom is 0.171 e. The number of anilines is 2. The molecule has 0 spiro atoms. The molecular weight excluding hydrogens is 336 g/mol. The number of hydrogen-bond acceptors (Lipinski definition) is 4. The van der Waals surface area contributed by atoms with Gasteiger partial charge in [0.2, 0.25) is 0 Å². The van der Waals surface area contributed by atoms with E-state index in [2.05, 4.69) is 27.2 Å². The standard InChI is InChI=1S/C21H20N6/c1-14-25-21(23)20-18(9-10-27(20)26-14)16-7-8-17(19(22)11-16)13-24-12-15-5-3-2-4-6-15/h2-11,13H,12,22H2,1H3,(H2,23,25,26)/p+1. The summed E-state index contributed by atoms with van der Waals surface area (Å²) in [5, 5.41) is 4.37. The van der Waals surface area contributed by atoms with Gasteiger partial charge in [0.15, 0.2) is 18.6 Å². The van der Waals surface area contributed by atoms with E-state index in [1.807, 2.05) is 61.8 Å². The van der Waals surface area contributed by atoms with E-state index in [4.69, 9.17) is 11.5 Å². The Kier molecular flexibility index (Phi) is 4.30. The van der Waals surface area contributed by atoms with Gasteiger partial charge in [0, 0.05) is 23.0 Å². The Morgan fingerprint density at radius 2 is 1.89 bits per heavy atom. The van der Waals surface area contributed by atoms with Gasteiger partial charge >= 0.3 is 0 Å². The Morgan fingerprint density at radius 3 is 2.67 bits per heavy atom. The van der Waals surface area contributed by atoms with Gasteiger partial charge in [-0.25, -0.2) is 14.5 Å². The fraction of sp³-hybridized carbons (Fsp3) is 0.0952. The summed E-state index contributed by atoms with van der Waals surface area (Å²) < 4.78 is 1.75. The lowest BCUT2D eigenvalue weighted by atomic mass is 10.0. The van der Waals surface area contributed by atoms with E-state index in [1.54, 1.807) is 4.52 Å². The fourth-order valence-electron chi connectivity index (χ4n) is 3.15. The number of rotatable bonds is 4. The number of hydrogen-bond donors (Lipinski definition) is 3. The summed E-state index contributed by atoms with van der Waals surface area (Å²) in [7, 11) is 0. The molecule has 6 nitrogen and oxygen atoms in total. The number of benzene rings is 2. The summed E-state index contributed by atoms with van der Waals surface area (Å²) in [4.78, 5) is 7.58. The van der Waals surface area contributed by atoms with Crippen molar-refractivity contribution in [2.45, 2.75) is 13.5 Å². The Bertz CT molecular complexity index is 1130. The molecule has 0 radical (unpaired) electrons. The van der Waals surface area contributed by atoms with Crippen LogP contribution in [0.3, 0.4) is 0 Å². The molecule has 0 saturated heterocycles. The zero-order chi connectivity index (χ0) is 18.8. The first-order valence-electron chi connectivity index (χ1n) is 8.74. The molecule has 4 aromatic rings. The van der Waals surface area contributed by atoms with Gasteiger partial charge in [-0.2, -0.15) is 5.10 Å². The molecule has 2 aromatic carbocycles. The second kappa shape index (κ2) is 6.92. The third kappa shape index (κ3) is 3.37. The average Bonchev–Trinajstić information content (AvgIpc) is 3.08. The lowest BCUT2D eigenvalue weighted by molar-refractivity contribution is -0.469. The van der Waals surface area contributed by atoms with Crippen LogP contribution in [-0.4, -0.2) is 20.8 Å². The van der Waals surface area contributed by atoms with E-state index in [-0.39, 0.29) is 0 Å². The third-order valence-electron chi connectivity index (χ3n) is 4.45. The molecule has 0 fully saturated rings. The SMILES string of the molecule is Cc1nc(N)c2c(-c3ccc(C=[NH+]Cc4ccccc4)c(N)c3)ccn2n1. The Morgan fingerprint density at radius 1 is 1.07 bits per heavy atom. The van der Waals surface area contributed by atoms with E-state index in [0.29, 0.717) is 17.3 Å². The molecule has 0 unspecified atom stereocenters. The van der Waals surface area contributed by atoms with Gasteiger partial charge in [-0.1, -0.05) is 36.4 Å². The zero-order valence-corrected chi connectivity index (χ0v) is 15.1. The molecule has 4 rings (SSSR count). The van der Waals surface area contributed by atoms with Crippen molar-refractivity contribution in [2.75, 3.05) is 11.5 Å². The number of nitrogens with one attached hydrogen (secondary N) is 1. The molecule has 0 atom stereocenters. The number of nitrogens with two attached hydrogens (primary N) is 2. The maximum absolute atomic E-state index is 6.27. The minimum atomic E-state index is 0.459. The van der Waals surface area contributed by atoms with Crippen LogP contribution < -0.4 is 16.5 Å². The van der Waals surface area contributed by atoms with E-state index in [1.165, 1.54) is 5.56 Å². The van der Waals surface area contributed by atoms with Crippen molar-refractivity contribution < 1.29 is 4.99 Å². The summed E-state index contributed by atoms with van der Waals surface area (Å²) in [6.07, 6.45) is 3.82. The zero-order valence-electron chi connectivity index (χ0n) is 15.1. The lowest BCUT2D eigenvalue weighted by Crippen LogP contribution is -2.67. The van der Waals surface area contributed by atoms with Crippen molar-refractivity contribution in [3.8, 4) is 11.1 Å². The number of nitrogens with zero attached hydrogens (tertiary/aromatic N) is 3. The van der Waals surface area contributed by atoms with E-state index < -0.39 is 0 Å². The minimum absolute atomic E-state index is 0.459. The summed E-state index contributed by atoms with van der Waals surface area (Å²) in [6, 6.07) is 18.2. The second-order valence-electron chi connectivity index (χ2n) is 6.42. The summed E-state index contributed by atoms with van der Waals surface area (Å²) in [5.41, 5.74) is 18.0. The Balaban J connectivity index is 1.62. The predicted molar refractivity (Wildman–Crippen MR) is 108 cm³/mol. The van der Waals surface area contributed by atoms with Gasteiger partial charge in [0.05, 0.1) is 5.56 Å².